The zero-order valence-corrected chi connectivity index (χ0v) is 13.4. The summed E-state index contributed by atoms with van der Waals surface area (Å²) in [7, 11) is 0. The van der Waals surface area contributed by atoms with Gasteiger partial charge >= 0.3 is 0 Å². The average Bonchev–Trinajstić information content (AvgIpc) is 2.87. The van der Waals surface area contributed by atoms with Crippen molar-refractivity contribution in [3.63, 3.8) is 0 Å². The summed E-state index contributed by atoms with van der Waals surface area (Å²) in [6.45, 7) is 0.531. The summed E-state index contributed by atoms with van der Waals surface area (Å²) < 4.78 is 13.3. The molecule has 2 heterocycles. The molecule has 9 heteroatoms. The van der Waals surface area contributed by atoms with Crippen molar-refractivity contribution in [3.8, 4) is 0 Å². The van der Waals surface area contributed by atoms with Gasteiger partial charge in [0, 0.05) is 18.0 Å². The first-order chi connectivity index (χ1) is 9.20. The highest BCUT2D eigenvalue weighted by Gasteiger charge is 2.11. The highest BCUT2D eigenvalue weighted by molar-refractivity contribution is 7.09. The van der Waals surface area contributed by atoms with Gasteiger partial charge in [-0.3, -0.25) is 9.78 Å². The third-order valence-corrected chi connectivity index (χ3v) is 3.30. The number of nitrogens with one attached hydrogen (secondary N) is 1. The molecule has 0 fully saturated rings. The average molecular weight is 353 g/mol. The van der Waals surface area contributed by atoms with Crippen LogP contribution in [0.1, 0.15) is 21.2 Å². The van der Waals surface area contributed by atoms with E-state index in [0.29, 0.717) is 18.7 Å². The van der Waals surface area contributed by atoms with Crippen molar-refractivity contribution in [2.24, 2.45) is 5.73 Å². The molecule has 5 nitrogen and oxygen atoms in total. The van der Waals surface area contributed by atoms with Crippen LogP contribution >= 0.6 is 36.2 Å². The molecule has 0 bridgehead atoms. The minimum atomic E-state index is -0.440. The minimum absolute atomic E-state index is 0. The number of pyridine rings is 1. The van der Waals surface area contributed by atoms with Crippen molar-refractivity contribution in [2.45, 2.75) is 13.0 Å². The maximum atomic E-state index is 13.3. The largest absolute Gasteiger partial charge is 0.345 e. The number of carbonyl (C=O) groups is 1. The van der Waals surface area contributed by atoms with E-state index in [1.54, 1.807) is 5.38 Å². The van der Waals surface area contributed by atoms with Crippen LogP contribution in [0, 0.1) is 5.82 Å². The van der Waals surface area contributed by atoms with Gasteiger partial charge in [0.15, 0.2) is 0 Å². The van der Waals surface area contributed by atoms with Gasteiger partial charge in [-0.05, 0) is 18.7 Å². The van der Waals surface area contributed by atoms with Crippen molar-refractivity contribution in [1.82, 2.24) is 15.3 Å². The summed E-state index contributed by atoms with van der Waals surface area (Å²) in [5.41, 5.74) is 5.94. The van der Waals surface area contributed by atoms with Crippen molar-refractivity contribution in [1.29, 1.82) is 0 Å². The van der Waals surface area contributed by atoms with E-state index < -0.39 is 5.82 Å². The molecule has 0 aliphatic rings. The molecule has 0 aliphatic carbocycles. The first-order valence-electron chi connectivity index (χ1n) is 5.72. The molecule has 0 atom stereocenters. The highest BCUT2D eigenvalue weighted by atomic mass is 35.5. The molecule has 2 aromatic heterocycles. The first-order valence-corrected chi connectivity index (χ1v) is 6.60. The van der Waals surface area contributed by atoms with Crippen LogP contribution in [0.2, 0.25) is 0 Å². The molecule has 3 N–H and O–H groups in total. The number of nitrogens with two attached hydrogens (primary N) is 1. The zero-order chi connectivity index (χ0) is 13.7. The number of rotatable bonds is 5. The number of hydrogen-bond donors (Lipinski definition) is 2. The van der Waals surface area contributed by atoms with E-state index in [1.165, 1.54) is 29.7 Å². The van der Waals surface area contributed by atoms with E-state index in [0.717, 1.165) is 5.01 Å². The zero-order valence-electron chi connectivity index (χ0n) is 10.9. The van der Waals surface area contributed by atoms with Crippen molar-refractivity contribution in [2.75, 3.05) is 6.54 Å². The topological polar surface area (TPSA) is 80.9 Å². The molecule has 0 radical (unpaired) electrons. The number of aromatic nitrogens is 2. The summed E-state index contributed by atoms with van der Waals surface area (Å²) >= 11 is 1.39. The van der Waals surface area contributed by atoms with E-state index in [4.69, 9.17) is 5.73 Å². The summed E-state index contributed by atoms with van der Waals surface area (Å²) in [5, 5.41) is 5.06. The van der Waals surface area contributed by atoms with Crippen LogP contribution in [0.4, 0.5) is 4.39 Å². The Morgan fingerprint density at radius 3 is 2.86 bits per heavy atom. The second-order valence-corrected chi connectivity index (χ2v) is 4.72. The monoisotopic (exact) mass is 352 g/mol. The van der Waals surface area contributed by atoms with E-state index in [1.807, 2.05) is 0 Å². The Hall–Kier alpha value is -1.28. The molecule has 0 saturated heterocycles. The van der Waals surface area contributed by atoms with Crippen LogP contribution in [-0.2, 0) is 13.0 Å². The van der Waals surface area contributed by atoms with E-state index >= 15 is 0 Å². The Kier molecular flexibility index (Phi) is 9.03. The number of halogens is 3. The third-order valence-electron chi connectivity index (χ3n) is 2.39. The molecule has 0 aliphatic heterocycles. The predicted molar refractivity (Wildman–Crippen MR) is 84.7 cm³/mol. The van der Waals surface area contributed by atoms with Gasteiger partial charge in [0.1, 0.15) is 11.5 Å². The normalized spacial score (nSPS) is 9.43. The second kappa shape index (κ2) is 9.62. The number of carbonyl (C=O) groups excluding carboxylic acids is 1. The lowest BCUT2D eigenvalue weighted by atomic mass is 10.3. The Morgan fingerprint density at radius 2 is 2.19 bits per heavy atom. The van der Waals surface area contributed by atoms with E-state index in [-0.39, 0.29) is 43.0 Å². The number of thiazole rings is 1. The number of nitrogens with zero attached hydrogens (tertiary/aromatic N) is 2. The van der Waals surface area contributed by atoms with Gasteiger partial charge < -0.3 is 11.1 Å². The summed E-state index contributed by atoms with van der Waals surface area (Å²) in [5.74, 6) is -0.783. The Labute approximate surface area is 138 Å². The molecule has 0 unspecified atom stereocenters. The van der Waals surface area contributed by atoms with Gasteiger partial charge in [-0.25, -0.2) is 9.37 Å². The molecule has 21 heavy (non-hydrogen) atoms. The lowest BCUT2D eigenvalue weighted by Crippen LogP contribution is -2.24. The fourth-order valence-corrected chi connectivity index (χ4v) is 2.25. The maximum absolute atomic E-state index is 13.3. The van der Waals surface area contributed by atoms with Crippen molar-refractivity contribution in [3.05, 3.63) is 45.9 Å². The Morgan fingerprint density at radius 1 is 1.43 bits per heavy atom. The minimum Gasteiger partial charge on any atom is -0.345 e. The standard InChI is InChI=1S/C12H13FN4OS.2ClH/c13-8-2-1-5-15-9(8)6-16-12(18)10-7-19-11(17-10)3-4-14;;/h1-2,5,7H,3-4,6,14H2,(H,16,18);2*1H. The van der Waals surface area contributed by atoms with Gasteiger partial charge in [-0.2, -0.15) is 0 Å². The predicted octanol–water partition coefficient (Wildman–Crippen LogP) is 1.95. The van der Waals surface area contributed by atoms with Crippen molar-refractivity contribution >= 4 is 42.1 Å². The summed E-state index contributed by atoms with van der Waals surface area (Å²) in [6.07, 6.45) is 2.12. The molecule has 1 amide bonds. The second-order valence-electron chi connectivity index (χ2n) is 3.78. The smallest absolute Gasteiger partial charge is 0.271 e. The van der Waals surface area contributed by atoms with Crippen LogP contribution in [-0.4, -0.2) is 22.4 Å². The maximum Gasteiger partial charge on any atom is 0.271 e. The van der Waals surface area contributed by atoms with Gasteiger partial charge in [0.05, 0.1) is 17.2 Å². The molecular weight excluding hydrogens is 338 g/mol. The fraction of sp³-hybridized carbons (Fsp3) is 0.250. The molecular formula is C12H15Cl2FN4OS. The third kappa shape index (κ3) is 5.55. The molecule has 0 saturated carbocycles. The lowest BCUT2D eigenvalue weighted by molar-refractivity contribution is 0.0945. The Bertz CT molecular complexity index is 582. The molecule has 0 aromatic carbocycles. The van der Waals surface area contributed by atoms with E-state index in [9.17, 15) is 9.18 Å². The quantitative estimate of drug-likeness (QED) is 0.861. The molecule has 0 spiro atoms. The van der Waals surface area contributed by atoms with Gasteiger partial charge in [-0.1, -0.05) is 0 Å². The number of hydrogen-bond acceptors (Lipinski definition) is 5. The van der Waals surface area contributed by atoms with Crippen LogP contribution < -0.4 is 11.1 Å². The number of amides is 1. The SMILES string of the molecule is Cl.Cl.NCCc1nc(C(=O)NCc2ncccc2F)cs1. The molecule has 2 rings (SSSR count). The van der Waals surface area contributed by atoms with Gasteiger partial charge in [0.25, 0.3) is 5.91 Å². The van der Waals surface area contributed by atoms with Gasteiger partial charge in [-0.15, -0.1) is 36.2 Å². The van der Waals surface area contributed by atoms with Crippen LogP contribution in [0.25, 0.3) is 0 Å². The lowest BCUT2D eigenvalue weighted by Gasteiger charge is -2.03. The fourth-order valence-electron chi connectivity index (χ4n) is 1.46. The first kappa shape index (κ1) is 19.7. The van der Waals surface area contributed by atoms with Crippen LogP contribution in [0.15, 0.2) is 23.7 Å². The highest BCUT2D eigenvalue weighted by Crippen LogP contribution is 2.10. The van der Waals surface area contributed by atoms with Gasteiger partial charge in [0.2, 0.25) is 0 Å². The molecule has 2 aromatic rings. The van der Waals surface area contributed by atoms with E-state index in [2.05, 4.69) is 15.3 Å². The van der Waals surface area contributed by atoms with Crippen LogP contribution in [0.5, 0.6) is 0 Å². The summed E-state index contributed by atoms with van der Waals surface area (Å²) in [6, 6.07) is 2.80. The van der Waals surface area contributed by atoms with Crippen molar-refractivity contribution < 1.29 is 9.18 Å². The summed E-state index contributed by atoms with van der Waals surface area (Å²) in [4.78, 5) is 19.8. The van der Waals surface area contributed by atoms with Crippen LogP contribution in [0.3, 0.4) is 0 Å². The molecule has 116 valence electrons. The Balaban J connectivity index is 0.00000200.